The lowest BCUT2D eigenvalue weighted by Gasteiger charge is -2.32. The minimum atomic E-state index is -5.13. The average molecular weight is 468 g/mol. The van der Waals surface area contributed by atoms with E-state index in [-0.39, 0.29) is 16.5 Å². The van der Waals surface area contributed by atoms with Crippen molar-refractivity contribution in [3.63, 3.8) is 0 Å². The topological polar surface area (TPSA) is 85.9 Å². The third kappa shape index (κ3) is 4.26. The SMILES string of the molecule is N#Cc1ccc(OCC(=O)N2N=C(c3ccc(Br)cc3)C[C@]2(O)C(F)(F)F)cc1. The van der Waals surface area contributed by atoms with E-state index < -0.39 is 30.8 Å². The second-order valence-electron chi connectivity index (χ2n) is 6.18. The number of benzene rings is 2. The Morgan fingerprint density at radius 3 is 2.41 bits per heavy atom. The van der Waals surface area contributed by atoms with Crippen molar-refractivity contribution < 1.29 is 27.8 Å². The number of carbonyl (C=O) groups is 1. The van der Waals surface area contributed by atoms with E-state index in [4.69, 9.17) is 10.00 Å². The molecule has 10 heteroatoms. The number of nitrogens with zero attached hydrogens (tertiary/aromatic N) is 3. The molecule has 1 N–H and O–H groups in total. The molecule has 0 bridgehead atoms. The normalized spacial score (nSPS) is 18.9. The van der Waals surface area contributed by atoms with Gasteiger partial charge in [0.25, 0.3) is 11.6 Å². The fourth-order valence-electron chi connectivity index (χ4n) is 2.66. The van der Waals surface area contributed by atoms with Crippen molar-refractivity contribution in [3.05, 3.63) is 64.1 Å². The molecule has 0 aromatic heterocycles. The van der Waals surface area contributed by atoms with Crippen LogP contribution in [0.2, 0.25) is 0 Å². The molecular formula is C19H13BrF3N3O3. The highest BCUT2D eigenvalue weighted by Crippen LogP contribution is 2.41. The molecule has 0 unspecified atom stereocenters. The number of alkyl halides is 3. The highest BCUT2D eigenvalue weighted by atomic mass is 79.9. The van der Waals surface area contributed by atoms with Crippen LogP contribution in [0, 0.1) is 11.3 Å². The number of carbonyl (C=O) groups excluding carboxylic acids is 1. The second-order valence-corrected chi connectivity index (χ2v) is 7.09. The Morgan fingerprint density at radius 2 is 1.86 bits per heavy atom. The van der Waals surface area contributed by atoms with Crippen LogP contribution in [0.4, 0.5) is 13.2 Å². The van der Waals surface area contributed by atoms with Gasteiger partial charge in [-0.15, -0.1) is 0 Å². The summed E-state index contributed by atoms with van der Waals surface area (Å²) in [5, 5.41) is 22.8. The van der Waals surface area contributed by atoms with Crippen LogP contribution in [0.25, 0.3) is 0 Å². The molecular weight excluding hydrogens is 455 g/mol. The van der Waals surface area contributed by atoms with E-state index in [0.717, 1.165) is 4.47 Å². The van der Waals surface area contributed by atoms with E-state index in [2.05, 4.69) is 21.0 Å². The lowest BCUT2D eigenvalue weighted by Crippen LogP contribution is -2.57. The number of rotatable bonds is 4. The van der Waals surface area contributed by atoms with Crippen molar-refractivity contribution in [1.29, 1.82) is 5.26 Å². The molecule has 1 aliphatic heterocycles. The first-order chi connectivity index (χ1) is 13.6. The minimum absolute atomic E-state index is 0.0219. The summed E-state index contributed by atoms with van der Waals surface area (Å²) < 4.78 is 46.6. The van der Waals surface area contributed by atoms with Gasteiger partial charge in [0, 0.05) is 4.47 Å². The lowest BCUT2D eigenvalue weighted by molar-refractivity contribution is -0.302. The van der Waals surface area contributed by atoms with Crippen LogP contribution in [0.15, 0.2) is 58.1 Å². The first-order valence-electron chi connectivity index (χ1n) is 8.22. The van der Waals surface area contributed by atoms with Crippen molar-refractivity contribution in [2.45, 2.75) is 18.3 Å². The molecule has 0 fully saturated rings. The van der Waals surface area contributed by atoms with E-state index in [0.29, 0.717) is 11.1 Å². The molecule has 2 aromatic carbocycles. The fraction of sp³-hybridized carbons (Fsp3) is 0.211. The Kier molecular flexibility index (Phi) is 5.64. The van der Waals surface area contributed by atoms with Gasteiger partial charge in [-0.1, -0.05) is 28.1 Å². The molecule has 2 aromatic rings. The summed E-state index contributed by atoms with van der Waals surface area (Å²) in [6.45, 7) is -0.776. The van der Waals surface area contributed by atoms with E-state index in [1.165, 1.54) is 36.4 Å². The third-order valence-corrected chi connectivity index (χ3v) is 4.73. The van der Waals surface area contributed by atoms with Gasteiger partial charge in [0.2, 0.25) is 0 Å². The maximum atomic E-state index is 13.6. The van der Waals surface area contributed by atoms with Crippen molar-refractivity contribution in [3.8, 4) is 11.8 Å². The molecule has 1 atom stereocenters. The molecule has 0 radical (unpaired) electrons. The predicted molar refractivity (Wildman–Crippen MR) is 99.8 cm³/mol. The van der Waals surface area contributed by atoms with Crippen LogP contribution < -0.4 is 4.74 Å². The molecule has 6 nitrogen and oxygen atoms in total. The zero-order valence-electron chi connectivity index (χ0n) is 14.7. The predicted octanol–water partition coefficient (Wildman–Crippen LogP) is 3.59. The molecule has 0 saturated carbocycles. The quantitative estimate of drug-likeness (QED) is 0.744. The molecule has 3 rings (SSSR count). The van der Waals surface area contributed by atoms with E-state index in [1.54, 1.807) is 12.1 Å². The smallest absolute Gasteiger partial charge is 0.438 e. The van der Waals surface area contributed by atoms with Gasteiger partial charge in [-0.25, -0.2) is 0 Å². The molecule has 1 amide bonds. The van der Waals surface area contributed by atoms with Gasteiger partial charge in [-0.05, 0) is 42.0 Å². The number of hydrogen-bond acceptors (Lipinski definition) is 5. The first-order valence-corrected chi connectivity index (χ1v) is 9.02. The molecule has 29 heavy (non-hydrogen) atoms. The number of hydrazone groups is 1. The zero-order chi connectivity index (χ0) is 21.2. The van der Waals surface area contributed by atoms with Gasteiger partial charge >= 0.3 is 6.18 Å². The van der Waals surface area contributed by atoms with Crippen LogP contribution in [-0.4, -0.2) is 40.2 Å². The second kappa shape index (κ2) is 7.85. The average Bonchev–Trinajstić information content (AvgIpc) is 3.06. The largest absolute Gasteiger partial charge is 0.484 e. The highest BCUT2D eigenvalue weighted by Gasteiger charge is 2.63. The van der Waals surface area contributed by atoms with Crippen molar-refractivity contribution >= 4 is 27.5 Å². The van der Waals surface area contributed by atoms with E-state index in [9.17, 15) is 23.1 Å². The van der Waals surface area contributed by atoms with Gasteiger partial charge < -0.3 is 9.84 Å². The first kappa shape index (κ1) is 20.8. The summed E-state index contributed by atoms with van der Waals surface area (Å²) in [5.41, 5.74) is -2.85. The van der Waals surface area contributed by atoms with Crippen LogP contribution >= 0.6 is 15.9 Å². The van der Waals surface area contributed by atoms with Gasteiger partial charge in [-0.2, -0.15) is 28.5 Å². The van der Waals surface area contributed by atoms with Crippen LogP contribution in [0.5, 0.6) is 5.75 Å². The lowest BCUT2D eigenvalue weighted by atomic mass is 10.0. The summed E-state index contributed by atoms with van der Waals surface area (Å²) in [4.78, 5) is 12.4. The number of amides is 1. The van der Waals surface area contributed by atoms with E-state index in [1.807, 2.05) is 6.07 Å². The summed E-state index contributed by atoms with van der Waals surface area (Å²) in [6.07, 6.45) is -6.03. The molecule has 1 heterocycles. The Balaban J connectivity index is 1.82. The molecule has 1 aliphatic rings. The number of ether oxygens (including phenoxy) is 1. The molecule has 0 saturated heterocycles. The van der Waals surface area contributed by atoms with Gasteiger partial charge in [0.1, 0.15) is 5.75 Å². The Labute approximate surface area is 171 Å². The van der Waals surface area contributed by atoms with Gasteiger partial charge in [0.15, 0.2) is 6.61 Å². The summed E-state index contributed by atoms with van der Waals surface area (Å²) in [7, 11) is 0. The van der Waals surface area contributed by atoms with Crippen molar-refractivity contribution in [2.24, 2.45) is 5.10 Å². The summed E-state index contributed by atoms with van der Waals surface area (Å²) in [5.74, 6) is -0.981. The monoisotopic (exact) mass is 467 g/mol. The number of hydrogen-bond donors (Lipinski definition) is 1. The standard InChI is InChI=1S/C19H13BrF3N3O3/c20-14-5-3-13(4-6-14)16-9-18(28,19(21,22)23)26(25-16)17(27)11-29-15-7-1-12(10-24)2-8-15/h1-8,28H,9,11H2/t18-/m0/s1. The molecule has 150 valence electrons. The maximum absolute atomic E-state index is 13.6. The van der Waals surface area contributed by atoms with Crippen molar-refractivity contribution in [2.75, 3.05) is 6.61 Å². The van der Waals surface area contributed by atoms with Crippen LogP contribution in [-0.2, 0) is 4.79 Å². The Hall–Kier alpha value is -2.90. The summed E-state index contributed by atoms with van der Waals surface area (Å²) >= 11 is 3.23. The molecule has 0 aliphatic carbocycles. The van der Waals surface area contributed by atoms with Gasteiger partial charge in [-0.3, -0.25) is 4.79 Å². The Morgan fingerprint density at radius 1 is 1.24 bits per heavy atom. The highest BCUT2D eigenvalue weighted by molar-refractivity contribution is 9.10. The number of aliphatic hydroxyl groups is 1. The summed E-state index contributed by atoms with van der Waals surface area (Å²) in [6, 6.07) is 13.9. The Bertz CT molecular complexity index is 985. The maximum Gasteiger partial charge on any atom is 0.438 e. The van der Waals surface area contributed by atoms with Gasteiger partial charge in [0.05, 0.1) is 23.8 Å². The number of halogens is 4. The number of nitriles is 1. The van der Waals surface area contributed by atoms with Crippen LogP contribution in [0.3, 0.4) is 0 Å². The third-order valence-electron chi connectivity index (χ3n) is 4.20. The molecule has 0 spiro atoms. The minimum Gasteiger partial charge on any atom is -0.484 e. The zero-order valence-corrected chi connectivity index (χ0v) is 16.2. The van der Waals surface area contributed by atoms with Crippen molar-refractivity contribution in [1.82, 2.24) is 5.01 Å². The fourth-order valence-corrected chi connectivity index (χ4v) is 2.93. The van der Waals surface area contributed by atoms with E-state index >= 15 is 0 Å². The van der Waals surface area contributed by atoms with Crippen LogP contribution in [0.1, 0.15) is 17.5 Å².